The molecule has 3 rings (SSSR count). The van der Waals surface area contributed by atoms with E-state index < -0.39 is 0 Å². The molecule has 4 nitrogen and oxygen atoms in total. The molecule has 1 aromatic carbocycles. The number of nitrogens with two attached hydrogens (primary N) is 1. The Morgan fingerprint density at radius 1 is 1.35 bits per heavy atom. The first-order valence-corrected chi connectivity index (χ1v) is 7.69. The van der Waals surface area contributed by atoms with Crippen LogP contribution in [0.1, 0.15) is 17.1 Å². The van der Waals surface area contributed by atoms with Crippen molar-refractivity contribution in [2.45, 2.75) is 23.7 Å². The molecule has 0 amide bonds. The molecule has 0 aliphatic carbocycles. The van der Waals surface area contributed by atoms with Crippen LogP contribution in [0.3, 0.4) is 0 Å². The first-order chi connectivity index (χ1) is 9.72. The van der Waals surface area contributed by atoms with Crippen LogP contribution in [-0.4, -0.2) is 16.6 Å². The van der Waals surface area contributed by atoms with Gasteiger partial charge in [0.2, 0.25) is 0 Å². The van der Waals surface area contributed by atoms with Gasteiger partial charge < -0.3 is 10.5 Å². The first-order valence-electron chi connectivity index (χ1n) is 6.32. The van der Waals surface area contributed by atoms with Crippen molar-refractivity contribution in [1.82, 2.24) is 9.97 Å². The Balaban J connectivity index is 1.76. The van der Waals surface area contributed by atoms with Crippen LogP contribution < -0.4 is 5.73 Å². The van der Waals surface area contributed by atoms with Crippen LogP contribution in [0.2, 0.25) is 5.02 Å². The van der Waals surface area contributed by atoms with Gasteiger partial charge in [-0.05, 0) is 18.2 Å². The van der Waals surface area contributed by atoms with E-state index in [4.69, 9.17) is 22.1 Å². The molecule has 2 aromatic rings. The quantitative estimate of drug-likeness (QED) is 0.883. The first kappa shape index (κ1) is 13.7. The molecule has 0 saturated carbocycles. The number of aromatic nitrogens is 2. The van der Waals surface area contributed by atoms with Crippen molar-refractivity contribution in [3.8, 4) is 0 Å². The van der Waals surface area contributed by atoms with E-state index in [0.717, 1.165) is 33.4 Å². The fourth-order valence-electron chi connectivity index (χ4n) is 2.08. The van der Waals surface area contributed by atoms with Crippen LogP contribution in [0.25, 0.3) is 0 Å². The zero-order chi connectivity index (χ0) is 13.9. The van der Waals surface area contributed by atoms with E-state index in [9.17, 15) is 0 Å². The molecule has 0 bridgehead atoms. The topological polar surface area (TPSA) is 61.0 Å². The van der Waals surface area contributed by atoms with Gasteiger partial charge in [-0.25, -0.2) is 9.97 Å². The molecule has 6 heteroatoms. The smallest absolute Gasteiger partial charge is 0.141 e. The summed E-state index contributed by atoms with van der Waals surface area (Å²) in [7, 11) is 0. The Hall–Kier alpha value is -1.30. The van der Waals surface area contributed by atoms with Crippen LogP contribution in [0.15, 0.2) is 29.2 Å². The molecule has 0 saturated heterocycles. The fourth-order valence-corrected chi connectivity index (χ4v) is 3.14. The molecule has 0 unspecified atom stereocenters. The van der Waals surface area contributed by atoms with Crippen LogP contribution in [0.4, 0.5) is 5.82 Å². The monoisotopic (exact) mass is 307 g/mol. The predicted octanol–water partition coefficient (Wildman–Crippen LogP) is 3.08. The molecule has 1 aromatic heterocycles. The van der Waals surface area contributed by atoms with Crippen molar-refractivity contribution >= 4 is 29.2 Å². The molecule has 104 valence electrons. The highest BCUT2D eigenvalue weighted by Gasteiger charge is 2.16. The Morgan fingerprint density at radius 3 is 3.10 bits per heavy atom. The zero-order valence-electron chi connectivity index (χ0n) is 10.8. The molecule has 1 aliphatic rings. The molecule has 0 fully saturated rings. The lowest BCUT2D eigenvalue weighted by atomic mass is 10.1. The van der Waals surface area contributed by atoms with Gasteiger partial charge in [-0.15, -0.1) is 11.8 Å². The summed E-state index contributed by atoms with van der Waals surface area (Å²) in [5, 5.41) is 0.734. The van der Waals surface area contributed by atoms with Gasteiger partial charge in [0.1, 0.15) is 11.6 Å². The largest absolute Gasteiger partial charge is 0.383 e. The zero-order valence-corrected chi connectivity index (χ0v) is 12.4. The summed E-state index contributed by atoms with van der Waals surface area (Å²) in [6.07, 6.45) is 0.802. The Bertz CT molecular complexity index is 636. The van der Waals surface area contributed by atoms with Crippen LogP contribution in [-0.2, 0) is 23.5 Å². The van der Waals surface area contributed by atoms with Crippen LogP contribution >= 0.6 is 23.4 Å². The lowest BCUT2D eigenvalue weighted by molar-refractivity contribution is 0.109. The number of nitrogens with zero attached hydrogens (tertiary/aromatic N) is 2. The lowest BCUT2D eigenvalue weighted by Crippen LogP contribution is -2.16. The Kier molecular flexibility index (Phi) is 4.10. The highest BCUT2D eigenvalue weighted by molar-refractivity contribution is 7.98. The third kappa shape index (κ3) is 3.06. The lowest BCUT2D eigenvalue weighted by Gasteiger charge is -2.17. The number of ether oxygens (including phenoxy) is 1. The maximum Gasteiger partial charge on any atom is 0.141 e. The van der Waals surface area contributed by atoms with Gasteiger partial charge in [0, 0.05) is 21.9 Å². The maximum absolute atomic E-state index is 5.97. The maximum atomic E-state index is 5.97. The number of halogens is 1. The van der Waals surface area contributed by atoms with Crippen molar-refractivity contribution in [2.75, 3.05) is 12.3 Å². The third-order valence-electron chi connectivity index (χ3n) is 3.06. The van der Waals surface area contributed by atoms with Crippen molar-refractivity contribution in [1.29, 1.82) is 0 Å². The molecule has 2 heterocycles. The van der Waals surface area contributed by atoms with Gasteiger partial charge in [-0.1, -0.05) is 17.7 Å². The predicted molar refractivity (Wildman–Crippen MR) is 80.8 cm³/mol. The van der Waals surface area contributed by atoms with E-state index >= 15 is 0 Å². The summed E-state index contributed by atoms with van der Waals surface area (Å²) in [5.41, 5.74) is 7.93. The minimum absolute atomic E-state index is 0.517. The van der Waals surface area contributed by atoms with Gasteiger partial charge in [0.05, 0.1) is 24.7 Å². The average Bonchev–Trinajstić information content (AvgIpc) is 2.45. The van der Waals surface area contributed by atoms with Gasteiger partial charge in [0.15, 0.2) is 0 Å². The second-order valence-electron chi connectivity index (χ2n) is 4.50. The highest BCUT2D eigenvalue weighted by atomic mass is 35.5. The molecule has 2 N–H and O–H groups in total. The van der Waals surface area contributed by atoms with Crippen LogP contribution in [0.5, 0.6) is 0 Å². The minimum Gasteiger partial charge on any atom is -0.383 e. The van der Waals surface area contributed by atoms with E-state index in [2.05, 4.69) is 9.97 Å². The summed E-state index contributed by atoms with van der Waals surface area (Å²) < 4.78 is 5.38. The van der Waals surface area contributed by atoms with Gasteiger partial charge >= 0.3 is 0 Å². The third-order valence-corrected chi connectivity index (χ3v) is 4.29. The highest BCUT2D eigenvalue weighted by Crippen LogP contribution is 2.26. The van der Waals surface area contributed by atoms with E-state index in [1.165, 1.54) is 0 Å². The number of hydrogen-bond donors (Lipinski definition) is 1. The number of benzene rings is 1. The Morgan fingerprint density at radius 2 is 2.25 bits per heavy atom. The summed E-state index contributed by atoms with van der Waals surface area (Å²) in [6, 6.07) is 7.75. The summed E-state index contributed by atoms with van der Waals surface area (Å²) >= 11 is 7.62. The molecule has 0 radical (unpaired) electrons. The second kappa shape index (κ2) is 5.99. The summed E-state index contributed by atoms with van der Waals surface area (Å²) in [5.74, 6) is 1.98. The molecule has 0 spiro atoms. The number of thioether (sulfide) groups is 1. The van der Waals surface area contributed by atoms with Crippen LogP contribution in [0, 0.1) is 0 Å². The average molecular weight is 308 g/mol. The molecular formula is C14H14ClN3OS. The van der Waals surface area contributed by atoms with Crippen molar-refractivity contribution in [2.24, 2.45) is 0 Å². The summed E-state index contributed by atoms with van der Waals surface area (Å²) in [6.45, 7) is 1.22. The van der Waals surface area contributed by atoms with Crippen molar-refractivity contribution < 1.29 is 4.74 Å². The van der Waals surface area contributed by atoms with Gasteiger partial charge in [-0.2, -0.15) is 0 Å². The second-order valence-corrected chi connectivity index (χ2v) is 5.98. The molecular weight excluding hydrogens is 294 g/mol. The normalized spacial score (nSPS) is 14.1. The van der Waals surface area contributed by atoms with Gasteiger partial charge in [0.25, 0.3) is 0 Å². The molecule has 0 atom stereocenters. The fraction of sp³-hybridized carbons (Fsp3) is 0.286. The number of hydrogen-bond acceptors (Lipinski definition) is 5. The SMILES string of the molecule is Nc1nc(CSc2cccc(Cl)c2)nc2c1COCC2. The number of nitrogen functional groups attached to an aromatic ring is 1. The van der Waals surface area contributed by atoms with E-state index in [-0.39, 0.29) is 0 Å². The molecule has 20 heavy (non-hydrogen) atoms. The van der Waals surface area contributed by atoms with E-state index in [1.54, 1.807) is 11.8 Å². The number of fused-ring (bicyclic) bond motifs is 1. The minimum atomic E-state index is 0.517. The van der Waals surface area contributed by atoms with E-state index in [1.807, 2.05) is 24.3 Å². The number of rotatable bonds is 3. The van der Waals surface area contributed by atoms with E-state index in [0.29, 0.717) is 24.8 Å². The van der Waals surface area contributed by atoms with Crippen molar-refractivity contribution in [3.05, 3.63) is 46.4 Å². The van der Waals surface area contributed by atoms with Gasteiger partial charge in [-0.3, -0.25) is 0 Å². The number of anilines is 1. The standard InChI is InChI=1S/C14H14ClN3OS/c15-9-2-1-3-10(6-9)20-8-13-17-12-4-5-19-7-11(12)14(16)18-13/h1-3,6H,4-5,7-8H2,(H2,16,17,18). The Labute approximate surface area is 126 Å². The molecule has 1 aliphatic heterocycles. The van der Waals surface area contributed by atoms with Crippen molar-refractivity contribution in [3.63, 3.8) is 0 Å². The summed E-state index contributed by atoms with van der Waals surface area (Å²) in [4.78, 5) is 10.0.